The molecule has 8 nitrogen and oxygen atoms in total. The summed E-state index contributed by atoms with van der Waals surface area (Å²) in [6, 6.07) is 5.09. The fourth-order valence-electron chi connectivity index (χ4n) is 1.62. The Labute approximate surface area is 139 Å². The summed E-state index contributed by atoms with van der Waals surface area (Å²) in [5.74, 6) is -0.431. The summed E-state index contributed by atoms with van der Waals surface area (Å²) in [4.78, 5) is 33.9. The molecule has 0 saturated carbocycles. The van der Waals surface area contributed by atoms with Crippen LogP contribution in [0.3, 0.4) is 0 Å². The van der Waals surface area contributed by atoms with Crippen LogP contribution in [-0.4, -0.2) is 45.4 Å². The highest BCUT2D eigenvalue weighted by atomic mass is 16.6. The maximum absolute atomic E-state index is 11.5. The number of benzene rings is 1. The number of imide groups is 1. The normalized spacial score (nSPS) is 10.1. The Hall–Kier alpha value is -3.03. The van der Waals surface area contributed by atoms with Gasteiger partial charge in [0.05, 0.1) is 20.8 Å². The maximum Gasteiger partial charge on any atom is 0.413 e. The average molecular weight is 337 g/mol. The van der Waals surface area contributed by atoms with Crippen LogP contribution in [0.25, 0.3) is 6.08 Å². The lowest BCUT2D eigenvalue weighted by molar-refractivity contribution is -0.143. The minimum Gasteiger partial charge on any atom is -0.493 e. The summed E-state index contributed by atoms with van der Waals surface area (Å²) in [6.45, 7) is 1.14. The molecule has 1 N–H and O–H groups in total. The van der Waals surface area contributed by atoms with Gasteiger partial charge in [-0.05, 0) is 30.7 Å². The highest BCUT2D eigenvalue weighted by molar-refractivity contribution is 5.94. The first kappa shape index (κ1) is 19.0. The van der Waals surface area contributed by atoms with E-state index in [1.54, 1.807) is 25.1 Å². The van der Waals surface area contributed by atoms with Crippen molar-refractivity contribution >= 4 is 24.0 Å². The van der Waals surface area contributed by atoms with Crippen LogP contribution in [0.1, 0.15) is 12.5 Å². The van der Waals surface area contributed by atoms with E-state index >= 15 is 0 Å². The first-order chi connectivity index (χ1) is 11.5. The molecule has 0 saturated heterocycles. The van der Waals surface area contributed by atoms with E-state index in [4.69, 9.17) is 14.2 Å². The van der Waals surface area contributed by atoms with Gasteiger partial charge in [0.25, 0.3) is 5.91 Å². The molecule has 0 radical (unpaired) electrons. The van der Waals surface area contributed by atoms with Crippen molar-refractivity contribution < 1.29 is 33.3 Å². The number of methoxy groups -OCH3 is 2. The summed E-state index contributed by atoms with van der Waals surface area (Å²) in [5.41, 5.74) is 0.681. The van der Waals surface area contributed by atoms with Crippen LogP contribution in [0.15, 0.2) is 24.3 Å². The van der Waals surface area contributed by atoms with Crippen molar-refractivity contribution in [3.05, 3.63) is 29.8 Å². The van der Waals surface area contributed by atoms with Crippen molar-refractivity contribution in [1.82, 2.24) is 5.32 Å². The monoisotopic (exact) mass is 337 g/mol. The van der Waals surface area contributed by atoms with Crippen molar-refractivity contribution in [3.63, 3.8) is 0 Å². The topological polar surface area (TPSA) is 100 Å². The number of hydrogen-bond acceptors (Lipinski definition) is 7. The van der Waals surface area contributed by atoms with Crippen LogP contribution in [0.2, 0.25) is 0 Å². The zero-order valence-electron chi connectivity index (χ0n) is 13.7. The molecular weight excluding hydrogens is 318 g/mol. The predicted octanol–water partition coefficient (Wildman–Crippen LogP) is 1.53. The summed E-state index contributed by atoms with van der Waals surface area (Å²) in [7, 11) is 3.02. The lowest BCUT2D eigenvalue weighted by Crippen LogP contribution is -2.34. The van der Waals surface area contributed by atoms with Crippen molar-refractivity contribution in [1.29, 1.82) is 0 Å². The molecule has 24 heavy (non-hydrogen) atoms. The molecule has 0 unspecified atom stereocenters. The van der Waals surface area contributed by atoms with Crippen LogP contribution < -0.4 is 14.8 Å². The summed E-state index contributed by atoms with van der Waals surface area (Å²) < 4.78 is 19.5. The van der Waals surface area contributed by atoms with Crippen LogP contribution in [-0.2, 0) is 19.1 Å². The van der Waals surface area contributed by atoms with Crippen molar-refractivity contribution in [3.8, 4) is 11.5 Å². The van der Waals surface area contributed by atoms with Gasteiger partial charge in [-0.15, -0.1) is 0 Å². The number of amides is 2. The minimum absolute atomic E-state index is 0.132. The molecule has 130 valence electrons. The van der Waals surface area contributed by atoms with E-state index in [-0.39, 0.29) is 6.61 Å². The molecular formula is C16H19NO7. The van der Waals surface area contributed by atoms with E-state index in [9.17, 15) is 14.4 Å². The van der Waals surface area contributed by atoms with E-state index in [1.165, 1.54) is 20.3 Å². The molecule has 0 fully saturated rings. The number of rotatable bonds is 7. The van der Waals surface area contributed by atoms with Gasteiger partial charge >= 0.3 is 12.1 Å². The number of carbonyl (C=O) groups is 3. The third-order valence-corrected chi connectivity index (χ3v) is 2.68. The number of carbonyl (C=O) groups excluding carboxylic acids is 3. The molecule has 1 rings (SSSR count). The second kappa shape index (κ2) is 9.88. The second-order valence-electron chi connectivity index (χ2n) is 4.32. The Morgan fingerprint density at radius 3 is 2.42 bits per heavy atom. The molecule has 0 heterocycles. The van der Waals surface area contributed by atoms with Crippen LogP contribution in [0.5, 0.6) is 11.5 Å². The van der Waals surface area contributed by atoms with E-state index in [0.717, 1.165) is 6.08 Å². The van der Waals surface area contributed by atoms with Gasteiger partial charge < -0.3 is 18.9 Å². The minimum atomic E-state index is -0.889. The fourth-order valence-corrected chi connectivity index (χ4v) is 1.62. The van der Waals surface area contributed by atoms with Crippen molar-refractivity contribution in [2.24, 2.45) is 0 Å². The Balaban J connectivity index is 2.51. The van der Waals surface area contributed by atoms with Gasteiger partial charge in [0.2, 0.25) is 0 Å². The van der Waals surface area contributed by atoms with Crippen molar-refractivity contribution in [2.75, 3.05) is 27.4 Å². The number of alkyl carbamates (subject to hydrolysis) is 1. The maximum atomic E-state index is 11.5. The first-order valence-corrected chi connectivity index (χ1v) is 7.03. The second-order valence-corrected chi connectivity index (χ2v) is 4.32. The van der Waals surface area contributed by atoms with Crippen LogP contribution >= 0.6 is 0 Å². The summed E-state index contributed by atoms with van der Waals surface area (Å²) in [5, 5.41) is 1.91. The van der Waals surface area contributed by atoms with Gasteiger partial charge in [0.15, 0.2) is 18.1 Å². The zero-order valence-corrected chi connectivity index (χ0v) is 13.7. The SMILES string of the molecule is CCOC(=O)NC(=O)COC(=O)/C=C/c1ccc(OC)c(OC)c1. The van der Waals surface area contributed by atoms with Crippen LogP contribution in [0, 0.1) is 0 Å². The molecule has 1 aromatic rings. The standard InChI is InChI=1S/C16H19NO7/c1-4-23-16(20)17-14(18)10-24-15(19)8-6-11-5-7-12(21-2)13(9-11)22-3/h5-9H,4,10H2,1-3H3,(H,17,18,20)/b8-6+. The van der Waals surface area contributed by atoms with Gasteiger partial charge in [0.1, 0.15) is 0 Å². The third-order valence-electron chi connectivity index (χ3n) is 2.68. The van der Waals surface area contributed by atoms with E-state index < -0.39 is 24.6 Å². The van der Waals surface area contributed by atoms with E-state index in [1.807, 2.05) is 5.32 Å². The van der Waals surface area contributed by atoms with Gasteiger partial charge in [-0.25, -0.2) is 9.59 Å². The first-order valence-electron chi connectivity index (χ1n) is 7.03. The molecule has 2 amide bonds. The molecule has 0 bridgehead atoms. The van der Waals surface area contributed by atoms with Gasteiger partial charge in [-0.2, -0.15) is 0 Å². The quantitative estimate of drug-likeness (QED) is 0.595. The highest BCUT2D eigenvalue weighted by Crippen LogP contribution is 2.27. The Morgan fingerprint density at radius 2 is 1.79 bits per heavy atom. The highest BCUT2D eigenvalue weighted by Gasteiger charge is 2.10. The summed E-state index contributed by atoms with van der Waals surface area (Å²) >= 11 is 0. The molecule has 0 spiro atoms. The zero-order chi connectivity index (χ0) is 17.9. The van der Waals surface area contributed by atoms with E-state index in [0.29, 0.717) is 17.1 Å². The lowest BCUT2D eigenvalue weighted by atomic mass is 10.2. The van der Waals surface area contributed by atoms with Gasteiger partial charge in [-0.3, -0.25) is 10.1 Å². The molecule has 0 aliphatic carbocycles. The number of esters is 1. The van der Waals surface area contributed by atoms with E-state index in [2.05, 4.69) is 4.74 Å². The molecule has 0 aromatic heterocycles. The van der Waals surface area contributed by atoms with Crippen molar-refractivity contribution in [2.45, 2.75) is 6.92 Å². The average Bonchev–Trinajstić information content (AvgIpc) is 2.57. The molecule has 0 atom stereocenters. The third kappa shape index (κ3) is 6.39. The fraction of sp³-hybridized carbons (Fsp3) is 0.312. The molecule has 0 aliphatic rings. The van der Waals surface area contributed by atoms with Crippen LogP contribution in [0.4, 0.5) is 4.79 Å². The number of hydrogen-bond donors (Lipinski definition) is 1. The lowest BCUT2D eigenvalue weighted by Gasteiger charge is -2.07. The smallest absolute Gasteiger partial charge is 0.413 e. The molecule has 8 heteroatoms. The Bertz CT molecular complexity index is 625. The Kier molecular flexibility index (Phi) is 7.83. The largest absolute Gasteiger partial charge is 0.493 e. The molecule has 1 aromatic carbocycles. The Morgan fingerprint density at radius 1 is 1.08 bits per heavy atom. The molecule has 0 aliphatic heterocycles. The predicted molar refractivity (Wildman–Crippen MR) is 84.7 cm³/mol. The summed E-state index contributed by atoms with van der Waals surface area (Å²) in [6.07, 6.45) is 1.76. The van der Waals surface area contributed by atoms with Gasteiger partial charge in [-0.1, -0.05) is 6.07 Å². The number of nitrogens with one attached hydrogen (secondary N) is 1. The van der Waals surface area contributed by atoms with Gasteiger partial charge in [0, 0.05) is 6.08 Å². The number of ether oxygens (including phenoxy) is 4.